The van der Waals surface area contributed by atoms with Crippen LogP contribution in [0.4, 0.5) is 0 Å². The fourth-order valence-electron chi connectivity index (χ4n) is 0.0680. The Labute approximate surface area is 41.6 Å². The minimum Gasteiger partial charge on any atom is -0.260 e. The molecule has 0 bridgehead atoms. The Kier molecular flexibility index (Phi) is 5.41. The third-order valence-electron chi connectivity index (χ3n) is 0.136. The highest BCUT2D eigenvalue weighted by molar-refractivity contribution is 8.21. The maximum atomic E-state index is 4.67. The van der Waals surface area contributed by atoms with Crippen molar-refractivity contribution in [1.29, 1.82) is 0 Å². The zero-order chi connectivity index (χ0) is 4.12. The van der Waals surface area contributed by atoms with Crippen molar-refractivity contribution in [2.45, 2.75) is 0 Å². The fraction of sp³-hybridized carbons (Fsp3) is 1.00. The molecule has 0 radical (unpaired) electrons. The summed E-state index contributed by atoms with van der Waals surface area (Å²) >= 11 is 2.73. The van der Waals surface area contributed by atoms with E-state index in [1.165, 1.54) is 23.9 Å². The monoisotopic (exact) mass is 108 g/mol. The van der Waals surface area contributed by atoms with Crippen molar-refractivity contribution in [3.8, 4) is 0 Å². The van der Waals surface area contributed by atoms with E-state index in [9.17, 15) is 0 Å². The zero-order valence-corrected chi connectivity index (χ0v) is 4.86. The van der Waals surface area contributed by atoms with Gasteiger partial charge in [0.25, 0.3) is 0 Å². The molecule has 0 aliphatic carbocycles. The number of hydrogen-bond donors (Lipinski definition) is 0. The van der Waals surface area contributed by atoms with Crippen LogP contribution in [0.3, 0.4) is 0 Å². The van der Waals surface area contributed by atoms with Crippen LogP contribution in [0.5, 0.6) is 0 Å². The van der Waals surface area contributed by atoms with Crippen LogP contribution >= 0.6 is 23.9 Å². The number of hydrogen-bond acceptors (Lipinski definition) is 3. The van der Waals surface area contributed by atoms with Gasteiger partial charge in [-0.1, -0.05) is 11.9 Å². The van der Waals surface area contributed by atoms with Gasteiger partial charge in [0.2, 0.25) is 7.12 Å². The summed E-state index contributed by atoms with van der Waals surface area (Å²) in [6.07, 6.45) is 1.89. The van der Waals surface area contributed by atoms with Gasteiger partial charge in [-0.25, -0.2) is 0 Å². The van der Waals surface area contributed by atoms with Crippen LogP contribution in [0, 0.1) is 0 Å². The van der Waals surface area contributed by atoms with Crippen molar-refractivity contribution in [3.63, 3.8) is 0 Å². The van der Waals surface area contributed by atoms with Gasteiger partial charge in [-0.2, -0.15) is 0 Å². The standard InChI is InChI=1S/CH5BOS2/c1-4-3-5-2/h2H2,1H3. The summed E-state index contributed by atoms with van der Waals surface area (Å²) in [6.45, 7) is 0. The molecule has 4 heteroatoms. The molecule has 0 aliphatic heterocycles. The normalized spacial score (nSPS) is 8.20. The Bertz CT molecular complexity index is 17.1. The molecule has 0 heterocycles. The van der Waals surface area contributed by atoms with E-state index in [0.29, 0.717) is 0 Å². The van der Waals surface area contributed by atoms with Gasteiger partial charge in [0.1, 0.15) is 0 Å². The summed E-state index contributed by atoms with van der Waals surface area (Å²) in [5.41, 5.74) is 0. The van der Waals surface area contributed by atoms with E-state index >= 15 is 0 Å². The molecule has 5 heavy (non-hydrogen) atoms. The SMILES string of the molecule is BSOSC. The molecule has 0 unspecified atom stereocenters. The average molecular weight is 108 g/mol. The summed E-state index contributed by atoms with van der Waals surface area (Å²) in [5, 5.41) is 0. The maximum absolute atomic E-state index is 4.67. The van der Waals surface area contributed by atoms with E-state index in [1.54, 1.807) is 0 Å². The van der Waals surface area contributed by atoms with Crippen LogP contribution < -0.4 is 0 Å². The molecule has 0 aromatic rings. The van der Waals surface area contributed by atoms with Crippen molar-refractivity contribution >= 4 is 31.1 Å². The summed E-state index contributed by atoms with van der Waals surface area (Å²) in [5.74, 6) is 0. The lowest BCUT2D eigenvalue weighted by Crippen LogP contribution is -1.53. The number of rotatable bonds is 2. The molecule has 0 aliphatic rings. The molecule has 30 valence electrons. The second kappa shape index (κ2) is 4.72. The Balaban J connectivity index is 2.19. The fourth-order valence-corrected chi connectivity index (χ4v) is 0.612. The average Bonchev–Trinajstić information content (AvgIpc) is 1.41. The Morgan fingerprint density at radius 1 is 1.80 bits per heavy atom. The highest BCUT2D eigenvalue weighted by atomic mass is 32.2. The summed E-state index contributed by atoms with van der Waals surface area (Å²) in [6, 6.07) is 0. The zero-order valence-electron chi connectivity index (χ0n) is 3.22. The van der Waals surface area contributed by atoms with Crippen LogP contribution in [-0.2, 0) is 3.63 Å². The van der Waals surface area contributed by atoms with E-state index in [2.05, 4.69) is 3.63 Å². The topological polar surface area (TPSA) is 9.23 Å². The molecular formula is CH5BOS2. The molecule has 0 saturated heterocycles. The van der Waals surface area contributed by atoms with Gasteiger partial charge >= 0.3 is 0 Å². The molecule has 0 aromatic carbocycles. The van der Waals surface area contributed by atoms with Gasteiger partial charge in [0.15, 0.2) is 0 Å². The van der Waals surface area contributed by atoms with Gasteiger partial charge < -0.3 is 0 Å². The van der Waals surface area contributed by atoms with Gasteiger partial charge in [0, 0.05) is 18.3 Å². The molecule has 0 N–H and O–H groups in total. The first-order valence-corrected chi connectivity index (χ1v) is 3.45. The molecule has 0 atom stereocenters. The van der Waals surface area contributed by atoms with Gasteiger partial charge in [-0.05, 0) is 0 Å². The largest absolute Gasteiger partial charge is 0.260 e. The third kappa shape index (κ3) is 4.72. The van der Waals surface area contributed by atoms with Crippen LogP contribution in [0.15, 0.2) is 0 Å². The molecule has 0 spiro atoms. The van der Waals surface area contributed by atoms with Gasteiger partial charge in [-0.3, -0.25) is 3.63 Å². The van der Waals surface area contributed by atoms with Crippen molar-refractivity contribution in [2.75, 3.05) is 6.26 Å². The predicted octanol–water partition coefficient (Wildman–Crippen LogP) is 0.477. The first-order chi connectivity index (χ1) is 2.41. The lowest BCUT2D eigenvalue weighted by molar-refractivity contribution is 0.776. The first kappa shape index (κ1) is 5.72. The van der Waals surface area contributed by atoms with Crippen LogP contribution in [0.25, 0.3) is 0 Å². The highest BCUT2D eigenvalue weighted by Gasteiger charge is 1.66. The molecule has 0 aromatic heterocycles. The predicted molar refractivity (Wildman–Crippen MR) is 30.7 cm³/mol. The second-order valence-corrected chi connectivity index (χ2v) is 1.61. The smallest absolute Gasteiger partial charge is 0.212 e. The van der Waals surface area contributed by atoms with E-state index in [1.807, 2.05) is 13.4 Å². The van der Waals surface area contributed by atoms with Crippen LogP contribution in [0.1, 0.15) is 0 Å². The van der Waals surface area contributed by atoms with E-state index in [-0.39, 0.29) is 0 Å². The molecule has 0 saturated carbocycles. The summed E-state index contributed by atoms with van der Waals surface area (Å²) < 4.78 is 4.67. The minimum absolute atomic E-state index is 1.36. The van der Waals surface area contributed by atoms with E-state index in [0.717, 1.165) is 0 Å². The van der Waals surface area contributed by atoms with Crippen molar-refractivity contribution in [2.24, 2.45) is 0 Å². The Hall–Kier alpha value is 0.725. The molecule has 0 amide bonds. The Morgan fingerprint density at radius 3 is 2.40 bits per heavy atom. The minimum atomic E-state index is 1.36. The van der Waals surface area contributed by atoms with Crippen LogP contribution in [-0.4, -0.2) is 13.4 Å². The maximum Gasteiger partial charge on any atom is 0.212 e. The summed E-state index contributed by atoms with van der Waals surface area (Å²) in [4.78, 5) is 0. The molecular weight excluding hydrogens is 103 g/mol. The van der Waals surface area contributed by atoms with Crippen molar-refractivity contribution < 1.29 is 3.63 Å². The van der Waals surface area contributed by atoms with Crippen molar-refractivity contribution in [3.05, 3.63) is 0 Å². The second-order valence-electron chi connectivity index (χ2n) is 0.401. The van der Waals surface area contributed by atoms with E-state index < -0.39 is 0 Å². The summed E-state index contributed by atoms with van der Waals surface area (Å²) in [7, 11) is 1.89. The third-order valence-corrected chi connectivity index (χ3v) is 1.22. The van der Waals surface area contributed by atoms with Gasteiger partial charge in [-0.15, -0.1) is 0 Å². The van der Waals surface area contributed by atoms with Crippen LogP contribution in [0.2, 0.25) is 0 Å². The van der Waals surface area contributed by atoms with E-state index in [4.69, 9.17) is 0 Å². The first-order valence-electron chi connectivity index (χ1n) is 1.15. The lowest BCUT2D eigenvalue weighted by atomic mass is 10.8. The molecule has 1 nitrogen and oxygen atoms in total. The van der Waals surface area contributed by atoms with Crippen molar-refractivity contribution in [1.82, 2.24) is 0 Å². The molecule has 0 rings (SSSR count). The Morgan fingerprint density at radius 2 is 2.40 bits per heavy atom. The highest BCUT2D eigenvalue weighted by Crippen LogP contribution is 2.03. The molecule has 0 fully saturated rings. The van der Waals surface area contributed by atoms with Gasteiger partial charge in [0.05, 0.1) is 0 Å². The lowest BCUT2D eigenvalue weighted by Gasteiger charge is -1.82. The quantitative estimate of drug-likeness (QED) is 0.376.